The van der Waals surface area contributed by atoms with Crippen LogP contribution in [0, 0.1) is 0 Å². The lowest BCUT2D eigenvalue weighted by atomic mass is 10.8. The summed E-state index contributed by atoms with van der Waals surface area (Å²) in [5, 5.41) is 7.99. The second kappa shape index (κ2) is 5.26. The molecule has 0 fully saturated rings. The highest BCUT2D eigenvalue weighted by Gasteiger charge is 2.16. The van der Waals surface area contributed by atoms with E-state index in [0.717, 1.165) is 0 Å². The Morgan fingerprint density at radius 2 is 1.60 bits per heavy atom. The topological polar surface area (TPSA) is 155 Å². The van der Waals surface area contributed by atoms with Crippen molar-refractivity contribution in [3.63, 3.8) is 0 Å². The van der Waals surface area contributed by atoms with Crippen molar-refractivity contribution in [3.05, 3.63) is 0 Å². The monoisotopic (exact) mass is 176 g/mol. The average Bonchev–Trinajstić information content (AvgIpc) is 1.62. The molecule has 64 valence electrons. The molecule has 0 saturated carbocycles. The molecule has 0 heterocycles. The Morgan fingerprint density at radius 1 is 1.30 bits per heavy atom. The average molecular weight is 176 g/mol. The van der Waals surface area contributed by atoms with Crippen LogP contribution in [-0.2, 0) is 14.9 Å². The first kappa shape index (κ1) is 16.2. The summed E-state index contributed by atoms with van der Waals surface area (Å²) in [6.07, 6.45) is -0.282. The van der Waals surface area contributed by atoms with Crippen LogP contribution in [0.5, 0.6) is 0 Å². The summed E-state index contributed by atoms with van der Waals surface area (Å²) in [6.45, 7) is 0. The Bertz CT molecular complexity index is 168. The highest BCUT2D eigenvalue weighted by molar-refractivity contribution is 7.86. The molecule has 0 saturated heterocycles. The summed E-state index contributed by atoms with van der Waals surface area (Å²) in [5.41, 5.74) is -2.30. The van der Waals surface area contributed by atoms with Crippen LogP contribution in [0.2, 0.25) is 0 Å². The van der Waals surface area contributed by atoms with E-state index in [1.807, 2.05) is 0 Å². The summed E-state index contributed by atoms with van der Waals surface area (Å²) >= 11 is 0. The van der Waals surface area contributed by atoms with Gasteiger partial charge in [-0.05, 0) is 0 Å². The fraction of sp³-hybridized carbons (Fsp3) is 0.500. The third kappa shape index (κ3) is 5.59. The second-order valence-corrected chi connectivity index (χ2v) is 2.55. The fourth-order valence-corrected chi connectivity index (χ4v) is 0.211. The van der Waals surface area contributed by atoms with Gasteiger partial charge in [-0.2, -0.15) is 8.42 Å². The number of aliphatic hydroxyl groups is 1. The van der Waals surface area contributed by atoms with Crippen LogP contribution < -0.4 is 0 Å². The Kier molecular flexibility index (Phi) is 8.54. The molecule has 10 heavy (non-hydrogen) atoms. The number of hydrogen-bond acceptors (Lipinski definition) is 4. The van der Waals surface area contributed by atoms with Crippen molar-refractivity contribution < 1.29 is 33.8 Å². The van der Waals surface area contributed by atoms with Gasteiger partial charge in [-0.3, -0.25) is 9.35 Å². The van der Waals surface area contributed by atoms with Crippen molar-refractivity contribution >= 4 is 16.4 Å². The molecule has 0 aromatic carbocycles. The van der Waals surface area contributed by atoms with E-state index in [0.29, 0.717) is 0 Å². The first-order valence-electron chi connectivity index (χ1n) is 1.58. The van der Waals surface area contributed by atoms with E-state index >= 15 is 0 Å². The lowest BCUT2D eigenvalue weighted by Gasteiger charge is -1.93. The summed E-state index contributed by atoms with van der Waals surface area (Å²) in [6, 6.07) is 0. The Hall–Kier alpha value is -0.540. The summed E-state index contributed by atoms with van der Waals surface area (Å²) in [5.74, 6) is 0. The normalized spacial score (nSPS) is 12.2. The van der Waals surface area contributed by atoms with E-state index < -0.39 is 15.6 Å². The van der Waals surface area contributed by atoms with Gasteiger partial charge in [0.1, 0.15) is 0 Å². The molecule has 0 bridgehead atoms. The van der Waals surface area contributed by atoms with E-state index in [2.05, 4.69) is 0 Å². The molecular formula is C2H8O7S. The number of rotatable bonds is 2. The molecule has 8 heteroatoms. The van der Waals surface area contributed by atoms with Crippen LogP contribution in [0.1, 0.15) is 0 Å². The predicted octanol–water partition coefficient (Wildman–Crippen LogP) is -3.26. The highest BCUT2D eigenvalue weighted by atomic mass is 32.2. The molecule has 1 unspecified atom stereocenters. The predicted molar refractivity (Wildman–Crippen MR) is 30.8 cm³/mol. The Morgan fingerprint density at radius 3 is 1.60 bits per heavy atom. The zero-order chi connectivity index (χ0) is 6.78. The summed E-state index contributed by atoms with van der Waals surface area (Å²) in [7, 11) is -4.57. The standard InChI is InChI=1S/C2H4O5S.2H2O/c3-1-2(4)8(5,6)7;;/h1-2,4H,(H,5,6,7);2*1H2. The quantitative estimate of drug-likeness (QED) is 0.333. The minimum atomic E-state index is -4.57. The van der Waals surface area contributed by atoms with Gasteiger partial charge in [0.15, 0.2) is 6.29 Å². The zero-order valence-electron chi connectivity index (χ0n) is 4.68. The van der Waals surface area contributed by atoms with Crippen molar-refractivity contribution in [2.45, 2.75) is 5.44 Å². The van der Waals surface area contributed by atoms with Crippen molar-refractivity contribution in [3.8, 4) is 0 Å². The number of hydrogen-bond donors (Lipinski definition) is 2. The van der Waals surface area contributed by atoms with E-state index in [1.165, 1.54) is 0 Å². The smallest absolute Gasteiger partial charge is 0.299 e. The van der Waals surface area contributed by atoms with Gasteiger partial charge in [-0.25, -0.2) is 0 Å². The minimum Gasteiger partial charge on any atom is -0.412 e. The summed E-state index contributed by atoms with van der Waals surface area (Å²) in [4.78, 5) is 9.36. The molecule has 0 aromatic heterocycles. The third-order valence-electron chi connectivity index (χ3n) is 0.422. The molecule has 1 atom stereocenters. The van der Waals surface area contributed by atoms with Crippen molar-refractivity contribution in [2.24, 2.45) is 0 Å². The molecule has 0 spiro atoms. The van der Waals surface area contributed by atoms with Crippen molar-refractivity contribution in [1.29, 1.82) is 0 Å². The van der Waals surface area contributed by atoms with E-state index in [-0.39, 0.29) is 17.2 Å². The van der Waals surface area contributed by atoms with Crippen molar-refractivity contribution in [2.75, 3.05) is 0 Å². The number of aldehydes is 1. The van der Waals surface area contributed by atoms with E-state index in [4.69, 9.17) is 9.66 Å². The molecule has 0 amide bonds. The number of carbonyl (C=O) groups excluding carboxylic acids is 1. The Balaban J connectivity index is -0.000000245. The highest BCUT2D eigenvalue weighted by Crippen LogP contribution is 1.86. The molecule has 0 aliphatic rings. The lowest BCUT2D eigenvalue weighted by molar-refractivity contribution is -0.111. The van der Waals surface area contributed by atoms with Crippen LogP contribution in [0.3, 0.4) is 0 Å². The van der Waals surface area contributed by atoms with Gasteiger partial charge in [0.2, 0.25) is 5.44 Å². The molecule has 0 aliphatic heterocycles. The van der Waals surface area contributed by atoms with Gasteiger partial charge >= 0.3 is 0 Å². The lowest BCUT2D eigenvalue weighted by Crippen LogP contribution is -2.20. The maximum atomic E-state index is 9.64. The molecule has 6 N–H and O–H groups in total. The first-order valence-corrected chi connectivity index (χ1v) is 3.08. The fourth-order valence-electron chi connectivity index (χ4n) is 0.0702. The number of carbonyl (C=O) groups is 1. The van der Waals surface area contributed by atoms with Crippen LogP contribution in [0.25, 0.3) is 0 Å². The van der Waals surface area contributed by atoms with Crippen molar-refractivity contribution in [1.82, 2.24) is 0 Å². The second-order valence-electron chi connectivity index (χ2n) is 1.04. The van der Waals surface area contributed by atoms with Gasteiger partial charge in [0.05, 0.1) is 0 Å². The van der Waals surface area contributed by atoms with E-state index in [9.17, 15) is 13.2 Å². The largest absolute Gasteiger partial charge is 0.412 e. The molecule has 0 aliphatic carbocycles. The van der Waals surface area contributed by atoms with Crippen LogP contribution in [0.4, 0.5) is 0 Å². The number of aliphatic hydroxyl groups excluding tert-OH is 1. The molecule has 0 radical (unpaired) electrons. The van der Waals surface area contributed by atoms with Crippen LogP contribution >= 0.6 is 0 Å². The van der Waals surface area contributed by atoms with Crippen LogP contribution in [0.15, 0.2) is 0 Å². The SMILES string of the molecule is O.O.O=CC(O)S(=O)(=O)O. The Labute approximate surface area is 56.7 Å². The third-order valence-corrected chi connectivity index (χ3v) is 1.14. The van der Waals surface area contributed by atoms with Gasteiger partial charge in [-0.15, -0.1) is 0 Å². The minimum absolute atomic E-state index is 0. The maximum Gasteiger partial charge on any atom is 0.299 e. The maximum absolute atomic E-state index is 9.64. The molecule has 0 rings (SSSR count). The van der Waals surface area contributed by atoms with Gasteiger partial charge < -0.3 is 16.1 Å². The van der Waals surface area contributed by atoms with Gasteiger partial charge in [0.25, 0.3) is 10.1 Å². The molecular weight excluding hydrogens is 168 g/mol. The van der Waals surface area contributed by atoms with Gasteiger partial charge in [0, 0.05) is 0 Å². The van der Waals surface area contributed by atoms with E-state index in [1.54, 1.807) is 0 Å². The molecule has 7 nitrogen and oxygen atoms in total. The van der Waals surface area contributed by atoms with Crippen LogP contribution in [-0.4, -0.2) is 40.8 Å². The summed E-state index contributed by atoms with van der Waals surface area (Å²) < 4.78 is 27.1. The molecule has 0 aromatic rings. The van der Waals surface area contributed by atoms with Gasteiger partial charge in [-0.1, -0.05) is 0 Å². The zero-order valence-corrected chi connectivity index (χ0v) is 5.50. The first-order chi connectivity index (χ1) is 3.48.